The maximum Gasteiger partial charge on any atom is 0.142 e. The van der Waals surface area contributed by atoms with E-state index in [1.165, 1.54) is 0 Å². The fourth-order valence-electron chi connectivity index (χ4n) is 2.43. The third kappa shape index (κ3) is 2.56. The molecule has 2 rings (SSSR count). The standard InChI is InChI=1S/C13H17N3O/c1-16(12-4-2-3-5-13(12)17)11-6-7-15-10(8-11)9-14/h6-8,12-13,17H,2-5H2,1H3/t12-,13-/m1/s1. The topological polar surface area (TPSA) is 60.2 Å². The number of aliphatic hydroxyl groups excluding tert-OH is 1. The lowest BCUT2D eigenvalue weighted by Crippen LogP contribution is -2.43. The van der Waals surface area contributed by atoms with E-state index in [0.29, 0.717) is 5.69 Å². The first kappa shape index (κ1) is 11.9. The van der Waals surface area contributed by atoms with Gasteiger partial charge in [0.2, 0.25) is 0 Å². The number of nitriles is 1. The van der Waals surface area contributed by atoms with Gasteiger partial charge < -0.3 is 10.0 Å². The molecule has 0 radical (unpaired) electrons. The van der Waals surface area contributed by atoms with Gasteiger partial charge in [0.15, 0.2) is 0 Å². The molecule has 0 aliphatic heterocycles. The van der Waals surface area contributed by atoms with Crippen LogP contribution < -0.4 is 4.90 Å². The Morgan fingerprint density at radius 1 is 1.47 bits per heavy atom. The molecule has 0 amide bonds. The molecule has 4 heteroatoms. The molecule has 1 heterocycles. The molecule has 17 heavy (non-hydrogen) atoms. The SMILES string of the molecule is CN(c1ccnc(C#N)c1)[C@@H]1CCCC[C@H]1O. The van der Waals surface area contributed by atoms with Crippen LogP contribution in [0.2, 0.25) is 0 Å². The normalized spacial score (nSPS) is 24.1. The first-order chi connectivity index (χ1) is 8.22. The Kier molecular flexibility index (Phi) is 3.60. The van der Waals surface area contributed by atoms with E-state index in [2.05, 4.69) is 9.88 Å². The summed E-state index contributed by atoms with van der Waals surface area (Å²) in [5, 5.41) is 18.8. The molecular formula is C13H17N3O. The van der Waals surface area contributed by atoms with Gasteiger partial charge in [-0.3, -0.25) is 0 Å². The van der Waals surface area contributed by atoms with E-state index in [1.807, 2.05) is 19.2 Å². The number of aromatic nitrogens is 1. The number of hydrogen-bond donors (Lipinski definition) is 1. The van der Waals surface area contributed by atoms with Gasteiger partial charge in [-0.15, -0.1) is 0 Å². The molecule has 0 spiro atoms. The molecule has 1 aromatic rings. The van der Waals surface area contributed by atoms with E-state index in [-0.39, 0.29) is 12.1 Å². The van der Waals surface area contributed by atoms with Crippen molar-refractivity contribution in [2.24, 2.45) is 0 Å². The summed E-state index contributed by atoms with van der Waals surface area (Å²) in [4.78, 5) is 6.02. The molecule has 0 aromatic carbocycles. The predicted octanol–water partition coefficient (Wildman–Crippen LogP) is 1.69. The van der Waals surface area contributed by atoms with Gasteiger partial charge in [-0.05, 0) is 25.0 Å². The highest BCUT2D eigenvalue weighted by atomic mass is 16.3. The average molecular weight is 231 g/mol. The van der Waals surface area contributed by atoms with Crippen LogP contribution in [-0.4, -0.2) is 29.3 Å². The highest BCUT2D eigenvalue weighted by Crippen LogP contribution is 2.26. The van der Waals surface area contributed by atoms with Crippen molar-refractivity contribution in [2.75, 3.05) is 11.9 Å². The summed E-state index contributed by atoms with van der Waals surface area (Å²) in [6.45, 7) is 0. The zero-order valence-corrected chi connectivity index (χ0v) is 10.0. The molecule has 1 saturated carbocycles. The molecule has 1 aromatic heterocycles. The lowest BCUT2D eigenvalue weighted by molar-refractivity contribution is 0.106. The molecule has 4 nitrogen and oxygen atoms in total. The van der Waals surface area contributed by atoms with E-state index in [4.69, 9.17) is 5.26 Å². The third-order valence-electron chi connectivity index (χ3n) is 3.46. The van der Waals surface area contributed by atoms with Gasteiger partial charge in [0.05, 0.1) is 12.1 Å². The number of hydrogen-bond acceptors (Lipinski definition) is 4. The maximum absolute atomic E-state index is 10.0. The minimum Gasteiger partial charge on any atom is -0.391 e. The van der Waals surface area contributed by atoms with Crippen LogP contribution >= 0.6 is 0 Å². The summed E-state index contributed by atoms with van der Waals surface area (Å²) in [7, 11) is 1.97. The quantitative estimate of drug-likeness (QED) is 0.841. The maximum atomic E-state index is 10.0. The van der Waals surface area contributed by atoms with E-state index >= 15 is 0 Å². The molecule has 1 fully saturated rings. The van der Waals surface area contributed by atoms with Gasteiger partial charge in [0, 0.05) is 18.9 Å². The van der Waals surface area contributed by atoms with Crippen LogP contribution in [0.1, 0.15) is 31.4 Å². The third-order valence-corrected chi connectivity index (χ3v) is 3.46. The Morgan fingerprint density at radius 3 is 2.94 bits per heavy atom. The van der Waals surface area contributed by atoms with Crippen molar-refractivity contribution >= 4 is 5.69 Å². The molecule has 0 unspecified atom stereocenters. The van der Waals surface area contributed by atoms with Gasteiger partial charge >= 0.3 is 0 Å². The van der Waals surface area contributed by atoms with E-state index in [1.54, 1.807) is 12.3 Å². The number of pyridine rings is 1. The van der Waals surface area contributed by atoms with Crippen molar-refractivity contribution in [3.8, 4) is 6.07 Å². The molecule has 0 saturated heterocycles. The Labute approximate surface area is 102 Å². The van der Waals surface area contributed by atoms with Crippen LogP contribution in [0.5, 0.6) is 0 Å². The number of aliphatic hydroxyl groups is 1. The molecule has 1 aliphatic carbocycles. The summed E-state index contributed by atoms with van der Waals surface area (Å²) in [5.41, 5.74) is 1.36. The van der Waals surface area contributed by atoms with Gasteiger partial charge in [0.25, 0.3) is 0 Å². The summed E-state index contributed by atoms with van der Waals surface area (Å²) >= 11 is 0. The Balaban J connectivity index is 2.18. The van der Waals surface area contributed by atoms with Crippen molar-refractivity contribution in [3.05, 3.63) is 24.0 Å². The second-order valence-corrected chi connectivity index (χ2v) is 4.54. The van der Waals surface area contributed by atoms with Crippen molar-refractivity contribution in [1.82, 2.24) is 4.98 Å². The summed E-state index contributed by atoms with van der Waals surface area (Å²) in [6, 6.07) is 5.83. The van der Waals surface area contributed by atoms with Crippen molar-refractivity contribution < 1.29 is 5.11 Å². The van der Waals surface area contributed by atoms with Crippen LogP contribution in [0, 0.1) is 11.3 Å². The summed E-state index contributed by atoms with van der Waals surface area (Å²) in [5.74, 6) is 0. The van der Waals surface area contributed by atoms with Crippen LogP contribution in [-0.2, 0) is 0 Å². The predicted molar refractivity (Wildman–Crippen MR) is 65.6 cm³/mol. The monoisotopic (exact) mass is 231 g/mol. The minimum atomic E-state index is -0.271. The van der Waals surface area contributed by atoms with Crippen LogP contribution in [0.3, 0.4) is 0 Å². The van der Waals surface area contributed by atoms with E-state index in [9.17, 15) is 5.11 Å². The number of anilines is 1. The minimum absolute atomic E-state index is 0.151. The fourth-order valence-corrected chi connectivity index (χ4v) is 2.43. The Bertz CT molecular complexity index is 427. The summed E-state index contributed by atoms with van der Waals surface area (Å²) < 4.78 is 0. The molecule has 2 atom stereocenters. The van der Waals surface area contributed by atoms with E-state index < -0.39 is 0 Å². The van der Waals surface area contributed by atoms with Crippen LogP contribution in [0.25, 0.3) is 0 Å². The van der Waals surface area contributed by atoms with Gasteiger partial charge in [-0.2, -0.15) is 5.26 Å². The van der Waals surface area contributed by atoms with Crippen molar-refractivity contribution in [2.45, 2.75) is 37.8 Å². The van der Waals surface area contributed by atoms with Gasteiger partial charge in [0.1, 0.15) is 11.8 Å². The van der Waals surface area contributed by atoms with Crippen molar-refractivity contribution in [1.29, 1.82) is 5.26 Å². The smallest absolute Gasteiger partial charge is 0.142 e. The second kappa shape index (κ2) is 5.15. The Hall–Kier alpha value is -1.60. The largest absolute Gasteiger partial charge is 0.391 e. The molecule has 1 aliphatic rings. The first-order valence-corrected chi connectivity index (χ1v) is 5.99. The van der Waals surface area contributed by atoms with Crippen LogP contribution in [0.4, 0.5) is 5.69 Å². The number of rotatable bonds is 2. The lowest BCUT2D eigenvalue weighted by Gasteiger charge is -2.36. The summed E-state index contributed by atoms with van der Waals surface area (Å²) in [6.07, 6.45) is 5.49. The first-order valence-electron chi connectivity index (χ1n) is 5.99. The second-order valence-electron chi connectivity index (χ2n) is 4.54. The highest BCUT2D eigenvalue weighted by molar-refractivity contribution is 5.49. The van der Waals surface area contributed by atoms with Gasteiger partial charge in [-0.25, -0.2) is 4.98 Å². The lowest BCUT2D eigenvalue weighted by atomic mass is 9.91. The molecule has 1 N–H and O–H groups in total. The number of nitrogens with zero attached hydrogens (tertiary/aromatic N) is 3. The zero-order valence-electron chi connectivity index (χ0n) is 10.0. The number of likely N-dealkylation sites (N-methyl/N-ethyl adjacent to an activating group) is 1. The Morgan fingerprint density at radius 2 is 2.24 bits per heavy atom. The molecule has 90 valence electrons. The van der Waals surface area contributed by atoms with E-state index in [0.717, 1.165) is 31.4 Å². The average Bonchev–Trinajstić information content (AvgIpc) is 2.38. The van der Waals surface area contributed by atoms with Gasteiger partial charge in [-0.1, -0.05) is 12.8 Å². The van der Waals surface area contributed by atoms with Crippen LogP contribution in [0.15, 0.2) is 18.3 Å². The zero-order chi connectivity index (χ0) is 12.3. The van der Waals surface area contributed by atoms with Crippen molar-refractivity contribution in [3.63, 3.8) is 0 Å². The highest BCUT2D eigenvalue weighted by Gasteiger charge is 2.26. The molecular weight excluding hydrogens is 214 g/mol. The molecule has 0 bridgehead atoms. The fraction of sp³-hybridized carbons (Fsp3) is 0.538.